The number of nitrogens with zero attached hydrogens (tertiary/aromatic N) is 2. The molecule has 1 unspecified atom stereocenters. The summed E-state index contributed by atoms with van der Waals surface area (Å²) in [5.41, 5.74) is 3.46. The number of fused-ring (bicyclic) bond motifs is 5. The molecule has 0 saturated heterocycles. The molecule has 4 aromatic rings. The van der Waals surface area contributed by atoms with Crippen molar-refractivity contribution in [1.29, 1.82) is 0 Å². The van der Waals surface area contributed by atoms with Crippen LogP contribution in [0.15, 0.2) is 60.0 Å². The van der Waals surface area contributed by atoms with Gasteiger partial charge in [0.15, 0.2) is 9.84 Å². The van der Waals surface area contributed by atoms with E-state index in [4.69, 9.17) is 4.98 Å². The quantitative estimate of drug-likeness (QED) is 0.562. The van der Waals surface area contributed by atoms with Crippen molar-refractivity contribution in [2.24, 2.45) is 5.92 Å². The van der Waals surface area contributed by atoms with Gasteiger partial charge in [-0.3, -0.25) is 9.20 Å². The third kappa shape index (κ3) is 2.98. The van der Waals surface area contributed by atoms with E-state index in [2.05, 4.69) is 9.72 Å². The molecule has 5 rings (SSSR count). The van der Waals surface area contributed by atoms with Gasteiger partial charge >= 0.3 is 0 Å². The number of allylic oxidation sites excluding steroid dienone is 1. The molecule has 29 heavy (non-hydrogen) atoms. The van der Waals surface area contributed by atoms with Gasteiger partial charge in [0.1, 0.15) is 5.82 Å². The van der Waals surface area contributed by atoms with Gasteiger partial charge < -0.3 is 5.32 Å². The van der Waals surface area contributed by atoms with Gasteiger partial charge in [-0.1, -0.05) is 42.5 Å². The van der Waals surface area contributed by atoms with Crippen LogP contribution in [-0.2, 0) is 14.6 Å². The number of carbonyl (C=O) groups is 1. The van der Waals surface area contributed by atoms with Crippen LogP contribution in [0.25, 0.3) is 27.3 Å². The lowest BCUT2D eigenvalue weighted by Gasteiger charge is -2.10. The van der Waals surface area contributed by atoms with Gasteiger partial charge in [-0.05, 0) is 19.1 Å². The van der Waals surface area contributed by atoms with Crippen molar-refractivity contribution in [2.45, 2.75) is 13.3 Å². The summed E-state index contributed by atoms with van der Waals surface area (Å²) in [6, 6.07) is 15.7. The average Bonchev–Trinajstić information content (AvgIpc) is 3.20. The minimum Gasteiger partial charge on any atom is -0.324 e. The van der Waals surface area contributed by atoms with Crippen LogP contribution in [0.5, 0.6) is 0 Å². The molecule has 0 saturated carbocycles. The number of benzene rings is 2. The van der Waals surface area contributed by atoms with Gasteiger partial charge in [0.2, 0.25) is 5.91 Å². The number of rotatable bonds is 3. The number of hydrogen-bond donors (Lipinski definition) is 1. The van der Waals surface area contributed by atoms with E-state index in [1.54, 1.807) is 6.08 Å². The van der Waals surface area contributed by atoms with Crippen molar-refractivity contribution >= 4 is 48.8 Å². The summed E-state index contributed by atoms with van der Waals surface area (Å²) in [5.74, 6) is 0.331. The first kappa shape index (κ1) is 17.9. The molecule has 1 aliphatic heterocycles. The molecule has 1 N–H and O–H groups in total. The Kier molecular flexibility index (Phi) is 3.96. The highest BCUT2D eigenvalue weighted by molar-refractivity contribution is 7.94. The minimum absolute atomic E-state index is 0.0103. The molecular weight excluding hydrogens is 386 g/mol. The van der Waals surface area contributed by atoms with E-state index in [0.29, 0.717) is 0 Å². The van der Waals surface area contributed by atoms with Crippen molar-refractivity contribution in [3.63, 3.8) is 0 Å². The van der Waals surface area contributed by atoms with Crippen molar-refractivity contribution in [2.75, 3.05) is 11.1 Å². The van der Waals surface area contributed by atoms with Crippen molar-refractivity contribution in [3.8, 4) is 0 Å². The molecule has 146 valence electrons. The van der Waals surface area contributed by atoms with E-state index < -0.39 is 9.84 Å². The summed E-state index contributed by atoms with van der Waals surface area (Å²) in [4.78, 5) is 17.5. The van der Waals surface area contributed by atoms with E-state index in [1.807, 2.05) is 55.5 Å². The Bertz CT molecular complexity index is 1430. The van der Waals surface area contributed by atoms with Gasteiger partial charge in [-0.25, -0.2) is 13.4 Å². The van der Waals surface area contributed by atoms with E-state index in [0.717, 1.165) is 38.8 Å². The largest absolute Gasteiger partial charge is 0.324 e. The number of carbonyl (C=O) groups excluding carboxylic acids is 1. The Morgan fingerprint density at radius 2 is 1.86 bits per heavy atom. The van der Waals surface area contributed by atoms with Gasteiger partial charge in [-0.2, -0.15) is 0 Å². The fourth-order valence-corrected chi connectivity index (χ4v) is 5.55. The lowest BCUT2D eigenvalue weighted by molar-refractivity contribution is -0.116. The number of para-hydroxylation sites is 2. The number of nitrogens with one attached hydrogen (secondary N) is 1. The van der Waals surface area contributed by atoms with Crippen molar-refractivity contribution in [1.82, 2.24) is 9.38 Å². The van der Waals surface area contributed by atoms with Crippen LogP contribution >= 0.6 is 0 Å². The molecular formula is C22H19N3O3S. The summed E-state index contributed by atoms with van der Waals surface area (Å²) in [6.07, 6.45) is 1.73. The van der Waals surface area contributed by atoms with E-state index in [9.17, 15) is 13.2 Å². The first-order chi connectivity index (χ1) is 13.9. The highest BCUT2D eigenvalue weighted by atomic mass is 32.2. The van der Waals surface area contributed by atoms with E-state index in [1.165, 1.54) is 5.41 Å². The molecule has 2 aromatic heterocycles. The molecule has 3 heterocycles. The topological polar surface area (TPSA) is 80.5 Å². The zero-order valence-corrected chi connectivity index (χ0v) is 16.6. The molecule has 0 spiro atoms. The van der Waals surface area contributed by atoms with E-state index in [-0.39, 0.29) is 24.0 Å². The Hall–Kier alpha value is -3.19. The molecule has 6 nitrogen and oxygen atoms in total. The summed E-state index contributed by atoms with van der Waals surface area (Å²) in [7, 11) is -3.18. The fourth-order valence-electron chi connectivity index (χ4n) is 4.15. The Morgan fingerprint density at radius 1 is 1.14 bits per heavy atom. The highest BCUT2D eigenvalue weighted by Crippen LogP contribution is 2.36. The van der Waals surface area contributed by atoms with Gasteiger partial charge in [-0.15, -0.1) is 0 Å². The second-order valence-corrected chi connectivity index (χ2v) is 9.35. The van der Waals surface area contributed by atoms with Crippen LogP contribution in [0.4, 0.5) is 5.69 Å². The standard InChI is InChI=1S/C22H19N3O3S/c1-14-23-18-8-4-2-6-16(18)22-21(17-7-3-5-9-19(17)25(14)22)24-20(26)12-15-10-11-29(27,28)13-15/h2-11,15H,12-13H2,1H3,(H,24,26). The fraction of sp³-hybridized carbons (Fsp3) is 0.182. The molecule has 0 aliphatic carbocycles. The third-order valence-electron chi connectivity index (χ3n) is 5.36. The highest BCUT2D eigenvalue weighted by Gasteiger charge is 2.25. The molecule has 7 heteroatoms. The summed E-state index contributed by atoms with van der Waals surface area (Å²) < 4.78 is 25.4. The first-order valence-corrected chi connectivity index (χ1v) is 11.1. The average molecular weight is 405 g/mol. The predicted molar refractivity (Wildman–Crippen MR) is 115 cm³/mol. The summed E-state index contributed by atoms with van der Waals surface area (Å²) in [6.45, 7) is 1.95. The molecule has 1 amide bonds. The van der Waals surface area contributed by atoms with Gasteiger partial charge in [0, 0.05) is 28.5 Å². The lowest BCUT2D eigenvalue weighted by Crippen LogP contribution is -2.17. The number of aryl methyl sites for hydroxylation is 1. The van der Waals surface area contributed by atoms with Crippen molar-refractivity contribution in [3.05, 3.63) is 65.8 Å². The maximum absolute atomic E-state index is 12.8. The second-order valence-electron chi connectivity index (χ2n) is 7.42. The SMILES string of the molecule is Cc1nc2ccccc2c2c(NC(=O)CC3C=CS(=O)(=O)C3)c3ccccc3n12. The Balaban J connectivity index is 1.66. The zero-order valence-electron chi connectivity index (χ0n) is 15.8. The Labute approximate surface area is 167 Å². The van der Waals surface area contributed by atoms with Crippen LogP contribution in [0.3, 0.4) is 0 Å². The number of amides is 1. The smallest absolute Gasteiger partial charge is 0.225 e. The molecule has 1 atom stereocenters. The predicted octanol–water partition coefficient (Wildman–Crippen LogP) is 3.84. The lowest BCUT2D eigenvalue weighted by atomic mass is 10.1. The van der Waals surface area contributed by atoms with Gasteiger partial charge in [0.05, 0.1) is 28.0 Å². The zero-order chi connectivity index (χ0) is 20.2. The van der Waals surface area contributed by atoms with Crippen LogP contribution in [0.1, 0.15) is 12.2 Å². The second kappa shape index (κ2) is 6.42. The number of anilines is 1. The third-order valence-corrected chi connectivity index (χ3v) is 6.82. The maximum Gasteiger partial charge on any atom is 0.225 e. The van der Waals surface area contributed by atoms with E-state index >= 15 is 0 Å². The van der Waals surface area contributed by atoms with Crippen LogP contribution < -0.4 is 5.32 Å². The first-order valence-electron chi connectivity index (χ1n) is 9.42. The van der Waals surface area contributed by atoms with Crippen molar-refractivity contribution < 1.29 is 13.2 Å². The molecule has 0 bridgehead atoms. The van der Waals surface area contributed by atoms with Gasteiger partial charge in [0.25, 0.3) is 0 Å². The molecule has 1 aliphatic rings. The molecule has 0 fully saturated rings. The van der Waals surface area contributed by atoms with Crippen LogP contribution in [0, 0.1) is 12.8 Å². The number of aromatic nitrogens is 2. The number of hydrogen-bond acceptors (Lipinski definition) is 4. The van der Waals surface area contributed by atoms with Crippen LogP contribution in [0.2, 0.25) is 0 Å². The summed E-state index contributed by atoms with van der Waals surface area (Å²) in [5, 5.41) is 6.15. The monoisotopic (exact) mass is 405 g/mol. The summed E-state index contributed by atoms with van der Waals surface area (Å²) >= 11 is 0. The maximum atomic E-state index is 12.8. The molecule has 2 aromatic carbocycles. The Morgan fingerprint density at radius 3 is 2.62 bits per heavy atom. The number of sulfone groups is 1. The minimum atomic E-state index is -3.18. The van der Waals surface area contributed by atoms with Crippen LogP contribution in [-0.4, -0.2) is 29.5 Å². The molecule has 0 radical (unpaired) electrons. The normalized spacial score (nSPS) is 18.0.